The Balaban J connectivity index is 1.82. The van der Waals surface area contributed by atoms with E-state index in [1.54, 1.807) is 29.8 Å². The van der Waals surface area contributed by atoms with Gasteiger partial charge in [0, 0.05) is 17.3 Å². The number of aromatic nitrogens is 1. The molecule has 1 heterocycles. The number of halogens is 1. The molecule has 2 unspecified atom stereocenters. The predicted octanol–water partition coefficient (Wildman–Crippen LogP) is 2.80. The molecule has 2 atom stereocenters. The first-order chi connectivity index (χ1) is 14.2. The standard InChI is InChI=1S/C21H21ClN2O5S/c1-12-7-16(22)15-9-19(24(2)18(15)8-12)21(28)23-17(10-25)13-3-5-14(6-4-13)30(29)11-20(26)27/h3-9,17,25H,10-11H2,1-2H3,(H,23,28)(H,26,27). The van der Waals surface area contributed by atoms with Crippen LogP contribution >= 0.6 is 11.6 Å². The number of fused-ring (bicyclic) bond motifs is 1. The van der Waals surface area contributed by atoms with Gasteiger partial charge in [-0.1, -0.05) is 23.7 Å². The number of aryl methyl sites for hydroxylation is 2. The summed E-state index contributed by atoms with van der Waals surface area (Å²) in [5, 5.41) is 22.7. The number of amides is 1. The highest BCUT2D eigenvalue weighted by Crippen LogP contribution is 2.28. The first-order valence-corrected chi connectivity index (χ1v) is 10.8. The van der Waals surface area contributed by atoms with Gasteiger partial charge in [-0.25, -0.2) is 0 Å². The van der Waals surface area contributed by atoms with Crippen LogP contribution in [0.1, 0.15) is 27.7 Å². The number of hydrogen-bond acceptors (Lipinski definition) is 4. The molecular formula is C21H21ClN2O5S. The molecule has 2 aromatic carbocycles. The van der Waals surface area contributed by atoms with Gasteiger partial charge in [-0.3, -0.25) is 13.8 Å². The van der Waals surface area contributed by atoms with Crippen LogP contribution in [0.2, 0.25) is 5.02 Å². The Morgan fingerprint density at radius 1 is 1.20 bits per heavy atom. The van der Waals surface area contributed by atoms with Crippen LogP contribution in [0, 0.1) is 6.92 Å². The van der Waals surface area contributed by atoms with Gasteiger partial charge in [-0.05, 0) is 48.4 Å². The Kier molecular flexibility index (Phi) is 6.60. The minimum absolute atomic E-state index is 0.340. The summed E-state index contributed by atoms with van der Waals surface area (Å²) in [6, 6.07) is 11.1. The van der Waals surface area contributed by atoms with E-state index >= 15 is 0 Å². The maximum absolute atomic E-state index is 12.9. The summed E-state index contributed by atoms with van der Waals surface area (Å²) in [6.07, 6.45) is 0. The van der Waals surface area contributed by atoms with E-state index in [4.69, 9.17) is 16.7 Å². The lowest BCUT2D eigenvalue weighted by Gasteiger charge is -2.17. The van der Waals surface area contributed by atoms with Crippen molar-refractivity contribution >= 4 is 45.2 Å². The molecule has 9 heteroatoms. The number of aliphatic carboxylic acids is 1. The molecule has 0 spiro atoms. The summed E-state index contributed by atoms with van der Waals surface area (Å²) in [5.74, 6) is -2.01. The molecule has 0 aliphatic rings. The highest BCUT2D eigenvalue weighted by atomic mass is 35.5. The second-order valence-electron chi connectivity index (χ2n) is 6.93. The number of hydrogen-bond donors (Lipinski definition) is 3. The molecule has 3 aromatic rings. The molecule has 0 radical (unpaired) electrons. The van der Waals surface area contributed by atoms with Crippen molar-refractivity contribution in [2.45, 2.75) is 17.9 Å². The summed E-state index contributed by atoms with van der Waals surface area (Å²) in [7, 11) is 0.112. The fourth-order valence-corrected chi connectivity index (χ4v) is 4.40. The van der Waals surface area contributed by atoms with Gasteiger partial charge >= 0.3 is 5.97 Å². The number of rotatable bonds is 7. The number of nitrogens with one attached hydrogen (secondary N) is 1. The average Bonchev–Trinajstić information content (AvgIpc) is 3.02. The van der Waals surface area contributed by atoms with Crippen LogP contribution in [0.25, 0.3) is 10.9 Å². The third-order valence-electron chi connectivity index (χ3n) is 4.78. The lowest BCUT2D eigenvalue weighted by Crippen LogP contribution is -2.32. The number of benzene rings is 2. The number of carboxylic acids is 1. The maximum atomic E-state index is 12.9. The Bertz CT molecular complexity index is 1140. The van der Waals surface area contributed by atoms with Gasteiger partial charge in [0.2, 0.25) is 0 Å². The second kappa shape index (κ2) is 8.99. The van der Waals surface area contributed by atoms with E-state index in [-0.39, 0.29) is 12.5 Å². The highest BCUT2D eigenvalue weighted by molar-refractivity contribution is 7.85. The summed E-state index contributed by atoms with van der Waals surface area (Å²) < 4.78 is 13.7. The number of carbonyl (C=O) groups is 2. The van der Waals surface area contributed by atoms with Crippen LogP contribution in [0.5, 0.6) is 0 Å². The first kappa shape index (κ1) is 22.0. The molecule has 0 fully saturated rings. The Morgan fingerprint density at radius 2 is 1.87 bits per heavy atom. The van der Waals surface area contributed by atoms with Gasteiger partial charge < -0.3 is 20.1 Å². The quantitative estimate of drug-likeness (QED) is 0.515. The molecule has 0 saturated carbocycles. The third-order valence-corrected chi connectivity index (χ3v) is 6.40. The van der Waals surface area contributed by atoms with Crippen molar-refractivity contribution in [3.05, 3.63) is 64.3 Å². The van der Waals surface area contributed by atoms with Crippen molar-refractivity contribution in [3.8, 4) is 0 Å². The van der Waals surface area contributed by atoms with Crippen LogP contribution in [0.15, 0.2) is 47.4 Å². The highest BCUT2D eigenvalue weighted by Gasteiger charge is 2.20. The molecule has 30 heavy (non-hydrogen) atoms. The zero-order chi connectivity index (χ0) is 22.0. The van der Waals surface area contributed by atoms with Crippen molar-refractivity contribution in [3.63, 3.8) is 0 Å². The minimum atomic E-state index is -1.66. The molecule has 7 nitrogen and oxygen atoms in total. The van der Waals surface area contributed by atoms with Gasteiger partial charge in [0.25, 0.3) is 5.91 Å². The van der Waals surface area contributed by atoms with Crippen LogP contribution in [-0.4, -0.2) is 43.2 Å². The Hall–Kier alpha value is -2.68. The SMILES string of the molecule is Cc1cc(Cl)c2cc(C(=O)NC(CO)c3ccc(S(=O)CC(=O)O)cc3)n(C)c2c1. The molecule has 0 aliphatic heterocycles. The molecule has 1 amide bonds. The fourth-order valence-electron chi connectivity index (χ4n) is 3.25. The van der Waals surface area contributed by atoms with Gasteiger partial charge in [-0.15, -0.1) is 0 Å². The zero-order valence-electron chi connectivity index (χ0n) is 16.4. The maximum Gasteiger partial charge on any atom is 0.316 e. The second-order valence-corrected chi connectivity index (χ2v) is 8.79. The fraction of sp³-hybridized carbons (Fsp3) is 0.238. The first-order valence-electron chi connectivity index (χ1n) is 9.08. The van der Waals surface area contributed by atoms with E-state index in [0.29, 0.717) is 21.2 Å². The molecule has 1 aromatic heterocycles. The normalized spacial score (nSPS) is 13.2. The van der Waals surface area contributed by atoms with E-state index < -0.39 is 28.6 Å². The largest absolute Gasteiger partial charge is 0.481 e. The van der Waals surface area contributed by atoms with E-state index in [2.05, 4.69) is 5.32 Å². The van der Waals surface area contributed by atoms with Crippen molar-refractivity contribution in [1.29, 1.82) is 0 Å². The van der Waals surface area contributed by atoms with Crippen LogP contribution in [-0.2, 0) is 22.6 Å². The van der Waals surface area contributed by atoms with Gasteiger partial charge in [-0.2, -0.15) is 0 Å². The van der Waals surface area contributed by atoms with E-state index in [9.17, 15) is 18.9 Å². The van der Waals surface area contributed by atoms with Crippen molar-refractivity contribution in [2.75, 3.05) is 12.4 Å². The van der Waals surface area contributed by atoms with Crippen LogP contribution < -0.4 is 5.32 Å². The lowest BCUT2D eigenvalue weighted by molar-refractivity contribution is -0.133. The smallest absolute Gasteiger partial charge is 0.316 e. The lowest BCUT2D eigenvalue weighted by atomic mass is 10.1. The number of carbonyl (C=O) groups excluding carboxylic acids is 1. The summed E-state index contributed by atoms with van der Waals surface area (Å²) in [5.41, 5.74) is 2.81. The van der Waals surface area contributed by atoms with E-state index in [1.807, 2.05) is 19.1 Å². The number of aliphatic hydroxyl groups excluding tert-OH is 1. The van der Waals surface area contributed by atoms with Gasteiger partial charge in [0.15, 0.2) is 0 Å². The molecule has 3 rings (SSSR count). The van der Waals surface area contributed by atoms with Crippen molar-refractivity contribution < 1.29 is 24.0 Å². The van der Waals surface area contributed by atoms with Gasteiger partial charge in [0.1, 0.15) is 11.4 Å². The average molecular weight is 449 g/mol. The van der Waals surface area contributed by atoms with E-state index in [1.165, 1.54) is 12.1 Å². The Morgan fingerprint density at radius 3 is 2.47 bits per heavy atom. The molecule has 3 N–H and O–H groups in total. The Labute approximate surface area is 180 Å². The van der Waals surface area contributed by atoms with Crippen molar-refractivity contribution in [1.82, 2.24) is 9.88 Å². The summed E-state index contributed by atoms with van der Waals surface area (Å²) in [4.78, 5) is 23.9. The molecule has 0 saturated heterocycles. The van der Waals surface area contributed by atoms with Gasteiger partial charge in [0.05, 0.1) is 34.0 Å². The summed E-state index contributed by atoms with van der Waals surface area (Å²) >= 11 is 6.31. The predicted molar refractivity (Wildman–Crippen MR) is 115 cm³/mol. The van der Waals surface area contributed by atoms with Crippen LogP contribution in [0.3, 0.4) is 0 Å². The number of nitrogens with zero attached hydrogens (tertiary/aromatic N) is 1. The van der Waals surface area contributed by atoms with Crippen LogP contribution in [0.4, 0.5) is 0 Å². The summed E-state index contributed by atoms with van der Waals surface area (Å²) in [6.45, 7) is 1.58. The zero-order valence-corrected chi connectivity index (χ0v) is 18.0. The van der Waals surface area contributed by atoms with E-state index in [0.717, 1.165) is 16.5 Å². The minimum Gasteiger partial charge on any atom is -0.481 e. The number of carboxylic acid groups (broad SMARTS) is 1. The molecular weight excluding hydrogens is 428 g/mol. The molecule has 158 valence electrons. The molecule has 0 bridgehead atoms. The molecule has 0 aliphatic carbocycles. The third kappa shape index (κ3) is 4.56. The monoisotopic (exact) mass is 448 g/mol. The topological polar surface area (TPSA) is 109 Å². The number of aliphatic hydroxyl groups is 1. The van der Waals surface area contributed by atoms with Crippen molar-refractivity contribution in [2.24, 2.45) is 7.05 Å².